The van der Waals surface area contributed by atoms with E-state index in [0.29, 0.717) is 10.9 Å². The van der Waals surface area contributed by atoms with Crippen LogP contribution < -0.4 is 0 Å². The molecule has 0 aromatic rings. The number of morpholine rings is 1. The van der Waals surface area contributed by atoms with Crippen LogP contribution >= 0.6 is 11.8 Å². The average Bonchev–Trinajstić information content (AvgIpc) is 2.62. The van der Waals surface area contributed by atoms with Gasteiger partial charge in [0.2, 0.25) is 0 Å². The van der Waals surface area contributed by atoms with Gasteiger partial charge in [0.25, 0.3) is 0 Å². The van der Waals surface area contributed by atoms with E-state index in [9.17, 15) is 0 Å². The lowest BCUT2D eigenvalue weighted by Gasteiger charge is -2.29. The molecule has 0 N–H and O–H groups in total. The third-order valence-corrected chi connectivity index (χ3v) is 5.15. The maximum Gasteiger partial charge on any atom is 0.0718 e. The highest BCUT2D eigenvalue weighted by atomic mass is 32.2. The van der Waals surface area contributed by atoms with Crippen molar-refractivity contribution in [2.75, 3.05) is 26.0 Å². The van der Waals surface area contributed by atoms with Gasteiger partial charge in [0.15, 0.2) is 0 Å². The Kier molecular flexibility index (Phi) is 1.90. The van der Waals surface area contributed by atoms with E-state index in [1.54, 1.807) is 0 Å². The van der Waals surface area contributed by atoms with Gasteiger partial charge in [-0.15, -0.1) is 0 Å². The Morgan fingerprint density at radius 2 is 2.38 bits per heavy atom. The van der Waals surface area contributed by atoms with E-state index in [2.05, 4.69) is 22.9 Å². The molecular formula is C10H17NOS. The second kappa shape index (κ2) is 2.88. The van der Waals surface area contributed by atoms with Crippen LogP contribution in [0.3, 0.4) is 0 Å². The second-order valence-corrected chi connectivity index (χ2v) is 5.94. The molecule has 2 unspecified atom stereocenters. The van der Waals surface area contributed by atoms with Crippen molar-refractivity contribution in [2.24, 2.45) is 0 Å². The first-order valence-corrected chi connectivity index (χ1v) is 6.45. The van der Waals surface area contributed by atoms with Crippen molar-refractivity contribution in [1.29, 1.82) is 0 Å². The molecule has 2 aliphatic heterocycles. The van der Waals surface area contributed by atoms with Crippen molar-refractivity contribution >= 4 is 11.8 Å². The van der Waals surface area contributed by atoms with Gasteiger partial charge < -0.3 is 4.74 Å². The predicted molar refractivity (Wildman–Crippen MR) is 55.2 cm³/mol. The molecule has 0 aromatic heterocycles. The average molecular weight is 199 g/mol. The van der Waals surface area contributed by atoms with Crippen molar-refractivity contribution < 1.29 is 4.74 Å². The summed E-state index contributed by atoms with van der Waals surface area (Å²) in [6.45, 7) is 3.51. The zero-order valence-electron chi connectivity index (χ0n) is 8.16. The third-order valence-electron chi connectivity index (χ3n) is 3.75. The highest BCUT2D eigenvalue weighted by molar-refractivity contribution is 8.00. The molecule has 3 fully saturated rings. The summed E-state index contributed by atoms with van der Waals surface area (Å²) < 4.78 is 6.25. The summed E-state index contributed by atoms with van der Waals surface area (Å²) >= 11 is 2.07. The molecule has 0 aromatic carbocycles. The minimum atomic E-state index is 0.572. The van der Waals surface area contributed by atoms with Gasteiger partial charge in [-0.05, 0) is 25.5 Å². The number of ether oxygens (including phenoxy) is 1. The summed E-state index contributed by atoms with van der Waals surface area (Å²) in [5.41, 5.74) is 0. The summed E-state index contributed by atoms with van der Waals surface area (Å²) in [7, 11) is 0. The maximum absolute atomic E-state index is 5.60. The molecule has 74 valence electrons. The van der Waals surface area contributed by atoms with Crippen LogP contribution in [0.15, 0.2) is 0 Å². The zero-order chi connectivity index (χ0) is 8.89. The number of thioether (sulfide) groups is 1. The number of likely N-dealkylation sites (tertiary alicyclic amines) is 1. The molecule has 1 aliphatic carbocycles. The normalized spacial score (nSPS) is 41.3. The fourth-order valence-electron chi connectivity index (χ4n) is 2.61. The van der Waals surface area contributed by atoms with E-state index < -0.39 is 0 Å². The number of nitrogens with zero attached hydrogens (tertiary/aromatic N) is 1. The quantitative estimate of drug-likeness (QED) is 0.681. The Morgan fingerprint density at radius 3 is 2.85 bits per heavy atom. The number of hydrogen-bond acceptors (Lipinski definition) is 3. The lowest BCUT2D eigenvalue weighted by molar-refractivity contribution is 0.0302. The van der Waals surface area contributed by atoms with Crippen LogP contribution in [0.4, 0.5) is 0 Å². The predicted octanol–water partition coefficient (Wildman–Crippen LogP) is 1.36. The number of rotatable bonds is 3. The molecule has 2 nitrogen and oxygen atoms in total. The Labute approximate surface area is 84.0 Å². The van der Waals surface area contributed by atoms with Crippen molar-refractivity contribution in [2.45, 2.75) is 36.2 Å². The van der Waals surface area contributed by atoms with Gasteiger partial charge in [-0.3, -0.25) is 4.90 Å². The van der Waals surface area contributed by atoms with E-state index in [0.717, 1.165) is 12.6 Å². The van der Waals surface area contributed by atoms with Gasteiger partial charge in [0.05, 0.1) is 12.7 Å². The van der Waals surface area contributed by atoms with E-state index in [1.165, 1.54) is 32.4 Å². The first-order chi connectivity index (χ1) is 6.31. The maximum atomic E-state index is 5.60. The summed E-state index contributed by atoms with van der Waals surface area (Å²) in [6.07, 6.45) is 7.00. The summed E-state index contributed by atoms with van der Waals surface area (Å²) in [5, 5.41) is 0. The molecule has 3 rings (SSSR count). The lowest BCUT2D eigenvalue weighted by Crippen LogP contribution is -2.41. The van der Waals surface area contributed by atoms with Crippen molar-refractivity contribution in [3.05, 3.63) is 0 Å². The smallest absolute Gasteiger partial charge is 0.0718 e. The van der Waals surface area contributed by atoms with Gasteiger partial charge in [-0.1, -0.05) is 0 Å². The molecule has 2 bridgehead atoms. The molecule has 1 saturated carbocycles. The SMILES string of the molecule is CSC1(CN2CC3CC2CO3)CC1. The van der Waals surface area contributed by atoms with Crippen LogP contribution in [0.1, 0.15) is 19.3 Å². The first-order valence-electron chi connectivity index (χ1n) is 5.22. The van der Waals surface area contributed by atoms with E-state index in [4.69, 9.17) is 4.74 Å². The monoisotopic (exact) mass is 199 g/mol. The van der Waals surface area contributed by atoms with Gasteiger partial charge in [-0.2, -0.15) is 11.8 Å². The van der Waals surface area contributed by atoms with Gasteiger partial charge in [0, 0.05) is 23.9 Å². The Hall–Kier alpha value is 0.270. The molecule has 0 spiro atoms. The molecule has 2 saturated heterocycles. The van der Waals surface area contributed by atoms with E-state index in [1.807, 2.05) is 0 Å². The minimum Gasteiger partial charge on any atom is -0.375 e. The Morgan fingerprint density at radius 1 is 1.54 bits per heavy atom. The topological polar surface area (TPSA) is 12.5 Å². The van der Waals surface area contributed by atoms with Crippen molar-refractivity contribution in [1.82, 2.24) is 4.90 Å². The standard InChI is InChI=1S/C10H17NOS/c1-13-10(2-3-10)7-11-5-9-4-8(11)6-12-9/h8-9H,2-7H2,1H3. The zero-order valence-corrected chi connectivity index (χ0v) is 8.98. The first kappa shape index (κ1) is 8.57. The summed E-state index contributed by atoms with van der Waals surface area (Å²) in [4.78, 5) is 2.66. The Bertz CT molecular complexity index is 217. The lowest BCUT2D eigenvalue weighted by atomic mass is 10.2. The highest BCUT2D eigenvalue weighted by Crippen LogP contribution is 2.48. The van der Waals surface area contributed by atoms with Crippen LogP contribution in [0, 0.1) is 0 Å². The third kappa shape index (κ3) is 1.41. The van der Waals surface area contributed by atoms with Gasteiger partial charge in [0.1, 0.15) is 0 Å². The molecule has 3 heteroatoms. The molecule has 3 aliphatic rings. The van der Waals surface area contributed by atoms with Crippen LogP contribution in [0.5, 0.6) is 0 Å². The molecule has 13 heavy (non-hydrogen) atoms. The second-order valence-electron chi connectivity index (χ2n) is 4.66. The van der Waals surface area contributed by atoms with E-state index >= 15 is 0 Å². The summed E-state index contributed by atoms with van der Waals surface area (Å²) in [5.74, 6) is 0. The molecule has 0 radical (unpaired) electrons. The number of fused-ring (bicyclic) bond motifs is 2. The fourth-order valence-corrected chi connectivity index (χ4v) is 3.41. The van der Waals surface area contributed by atoms with Crippen LogP contribution in [-0.4, -0.2) is 47.7 Å². The fraction of sp³-hybridized carbons (Fsp3) is 1.00. The van der Waals surface area contributed by atoms with Crippen molar-refractivity contribution in [3.8, 4) is 0 Å². The minimum absolute atomic E-state index is 0.572. The van der Waals surface area contributed by atoms with Crippen LogP contribution in [0.2, 0.25) is 0 Å². The largest absolute Gasteiger partial charge is 0.375 e. The van der Waals surface area contributed by atoms with Crippen LogP contribution in [-0.2, 0) is 4.74 Å². The van der Waals surface area contributed by atoms with Crippen LogP contribution in [0.25, 0.3) is 0 Å². The molecule has 2 heterocycles. The highest BCUT2D eigenvalue weighted by Gasteiger charge is 2.48. The summed E-state index contributed by atoms with van der Waals surface area (Å²) in [6, 6.07) is 0.759. The molecular weight excluding hydrogens is 182 g/mol. The van der Waals surface area contributed by atoms with Crippen molar-refractivity contribution in [3.63, 3.8) is 0 Å². The van der Waals surface area contributed by atoms with Gasteiger partial charge >= 0.3 is 0 Å². The van der Waals surface area contributed by atoms with E-state index in [-0.39, 0.29) is 0 Å². The molecule has 0 amide bonds. The Balaban J connectivity index is 1.62. The number of hydrogen-bond donors (Lipinski definition) is 0. The molecule has 2 atom stereocenters. The van der Waals surface area contributed by atoms with Gasteiger partial charge in [-0.25, -0.2) is 0 Å².